The summed E-state index contributed by atoms with van der Waals surface area (Å²) >= 11 is 5.72. The number of alkyl halides is 1. The van der Waals surface area contributed by atoms with Crippen molar-refractivity contribution in [2.24, 2.45) is 0 Å². The average Bonchev–Trinajstić information content (AvgIpc) is 2.64. The summed E-state index contributed by atoms with van der Waals surface area (Å²) in [5.41, 5.74) is 4.42. The van der Waals surface area contributed by atoms with E-state index in [0.29, 0.717) is 11.8 Å². The van der Waals surface area contributed by atoms with Crippen LogP contribution in [0.4, 0.5) is 0 Å². The summed E-state index contributed by atoms with van der Waals surface area (Å²) in [6.45, 7) is 4.14. The average molecular weight is 208 g/mol. The molecule has 1 heteroatoms. The lowest BCUT2D eigenvalue weighted by atomic mass is 9.95. The van der Waals surface area contributed by atoms with E-state index in [1.165, 1.54) is 36.0 Å². The van der Waals surface area contributed by atoms with Gasteiger partial charge in [0.15, 0.2) is 0 Å². The zero-order valence-electron chi connectivity index (χ0n) is 8.43. The van der Waals surface area contributed by atoms with Crippen LogP contribution in [0.1, 0.15) is 35.4 Å². The van der Waals surface area contributed by atoms with Gasteiger partial charge in [-0.1, -0.05) is 18.2 Å². The maximum atomic E-state index is 5.72. The van der Waals surface area contributed by atoms with Gasteiger partial charge in [-0.3, -0.25) is 0 Å². The van der Waals surface area contributed by atoms with Crippen LogP contribution in [0.15, 0.2) is 18.2 Å². The fourth-order valence-corrected chi connectivity index (χ4v) is 2.41. The van der Waals surface area contributed by atoms with Crippen molar-refractivity contribution < 1.29 is 0 Å². The van der Waals surface area contributed by atoms with Gasteiger partial charge in [0.2, 0.25) is 0 Å². The van der Waals surface area contributed by atoms with Gasteiger partial charge < -0.3 is 0 Å². The van der Waals surface area contributed by atoms with E-state index < -0.39 is 0 Å². The summed E-state index contributed by atoms with van der Waals surface area (Å²) in [5.74, 6) is 1.06. The molecule has 0 amide bonds. The van der Waals surface area contributed by atoms with E-state index >= 15 is 0 Å². The van der Waals surface area contributed by atoms with Gasteiger partial charge >= 0.3 is 0 Å². The third-order valence-electron chi connectivity index (χ3n) is 3.05. The van der Waals surface area contributed by atoms with E-state index in [9.17, 15) is 0 Å². The molecule has 1 aliphatic rings. The number of hydrogen-bond donors (Lipinski definition) is 0. The second kappa shape index (κ2) is 4.35. The van der Waals surface area contributed by atoms with Crippen molar-refractivity contribution in [2.45, 2.75) is 31.6 Å². The minimum absolute atomic E-state index is 0.360. The van der Waals surface area contributed by atoms with Crippen molar-refractivity contribution in [3.63, 3.8) is 0 Å². The lowest BCUT2D eigenvalue weighted by Gasteiger charge is -2.11. The number of rotatable bonds is 3. The fourth-order valence-electron chi connectivity index (χ4n) is 2.14. The Labute approximate surface area is 91.3 Å². The van der Waals surface area contributed by atoms with Crippen LogP contribution in [0.25, 0.3) is 0 Å². The molecule has 1 aromatic carbocycles. The van der Waals surface area contributed by atoms with Gasteiger partial charge in [0, 0.05) is 5.88 Å². The Morgan fingerprint density at radius 2 is 2.07 bits per heavy atom. The largest absolute Gasteiger partial charge is 0.127 e. The van der Waals surface area contributed by atoms with E-state index in [0.717, 1.165) is 6.42 Å². The molecule has 1 aliphatic carbocycles. The Hall–Kier alpha value is -0.490. The Morgan fingerprint density at radius 3 is 2.86 bits per heavy atom. The lowest BCUT2D eigenvalue weighted by molar-refractivity contribution is 0.805. The number of halogens is 1. The van der Waals surface area contributed by atoms with E-state index in [2.05, 4.69) is 25.1 Å². The minimum atomic E-state index is 0.360. The van der Waals surface area contributed by atoms with Crippen molar-refractivity contribution in [1.82, 2.24) is 0 Å². The van der Waals surface area contributed by atoms with Gasteiger partial charge in [0.1, 0.15) is 0 Å². The van der Waals surface area contributed by atoms with Gasteiger partial charge in [0.25, 0.3) is 0 Å². The third-order valence-corrected chi connectivity index (χ3v) is 3.27. The Balaban J connectivity index is 2.19. The second-order valence-corrected chi connectivity index (χ2v) is 4.43. The maximum absolute atomic E-state index is 5.72. The van der Waals surface area contributed by atoms with Crippen molar-refractivity contribution in [3.05, 3.63) is 41.8 Å². The van der Waals surface area contributed by atoms with Crippen LogP contribution in [0.3, 0.4) is 0 Å². The number of aryl methyl sites for hydroxylation is 2. The standard InChI is InChI=1S/C13H16Cl/c1-10(7-8-14)12-6-5-11-3-2-4-13(11)9-12/h5-6,9-10H,1-4,7-8H2/t10-/m0/s1. The quantitative estimate of drug-likeness (QED) is 0.663. The molecule has 14 heavy (non-hydrogen) atoms. The molecule has 1 radical (unpaired) electrons. The van der Waals surface area contributed by atoms with Crippen LogP contribution in [0.5, 0.6) is 0 Å². The highest BCUT2D eigenvalue weighted by atomic mass is 35.5. The first-order chi connectivity index (χ1) is 6.81. The predicted molar refractivity (Wildman–Crippen MR) is 61.9 cm³/mol. The molecule has 0 fully saturated rings. The summed E-state index contributed by atoms with van der Waals surface area (Å²) in [6.07, 6.45) is 4.79. The smallest absolute Gasteiger partial charge is 0.0229 e. The predicted octanol–water partition coefficient (Wildman–Crippen LogP) is 3.72. The van der Waals surface area contributed by atoms with Crippen LogP contribution >= 0.6 is 11.6 Å². The molecular formula is C13H16Cl. The zero-order valence-corrected chi connectivity index (χ0v) is 9.19. The van der Waals surface area contributed by atoms with E-state index in [1.54, 1.807) is 0 Å². The van der Waals surface area contributed by atoms with Gasteiger partial charge in [-0.2, -0.15) is 0 Å². The van der Waals surface area contributed by atoms with Crippen molar-refractivity contribution in [2.75, 3.05) is 5.88 Å². The highest BCUT2D eigenvalue weighted by Gasteiger charge is 2.12. The highest BCUT2D eigenvalue weighted by molar-refractivity contribution is 6.17. The first kappa shape index (κ1) is 10.0. The van der Waals surface area contributed by atoms with Crippen LogP contribution in [0.2, 0.25) is 0 Å². The molecule has 0 spiro atoms. The first-order valence-corrected chi connectivity index (χ1v) is 5.85. The van der Waals surface area contributed by atoms with E-state index in [4.69, 9.17) is 11.6 Å². The Bertz CT molecular complexity index is 317. The van der Waals surface area contributed by atoms with Crippen LogP contribution in [0, 0.1) is 6.92 Å². The van der Waals surface area contributed by atoms with E-state index in [1.807, 2.05) is 0 Å². The molecule has 0 aromatic heterocycles. The molecule has 0 heterocycles. The number of fused-ring (bicyclic) bond motifs is 1. The molecule has 0 aliphatic heterocycles. The summed E-state index contributed by atoms with van der Waals surface area (Å²) in [5, 5.41) is 0. The zero-order chi connectivity index (χ0) is 9.97. The summed E-state index contributed by atoms with van der Waals surface area (Å²) in [7, 11) is 0. The summed E-state index contributed by atoms with van der Waals surface area (Å²) < 4.78 is 0. The van der Waals surface area contributed by atoms with E-state index in [-0.39, 0.29) is 0 Å². The molecule has 2 rings (SSSR count). The minimum Gasteiger partial charge on any atom is -0.127 e. The molecule has 0 unspecified atom stereocenters. The molecule has 1 aromatic rings. The molecule has 1 atom stereocenters. The molecule has 0 bridgehead atoms. The summed E-state index contributed by atoms with van der Waals surface area (Å²) in [6, 6.07) is 6.81. The molecule has 0 saturated carbocycles. The highest BCUT2D eigenvalue weighted by Crippen LogP contribution is 2.27. The fraction of sp³-hybridized carbons (Fsp3) is 0.462. The molecular weight excluding hydrogens is 192 g/mol. The van der Waals surface area contributed by atoms with Crippen LogP contribution in [-0.4, -0.2) is 5.88 Å². The normalized spacial score (nSPS) is 16.7. The third kappa shape index (κ3) is 1.95. The first-order valence-electron chi connectivity index (χ1n) is 5.32. The van der Waals surface area contributed by atoms with Crippen LogP contribution in [-0.2, 0) is 12.8 Å². The van der Waals surface area contributed by atoms with Gasteiger partial charge in [-0.15, -0.1) is 11.6 Å². The van der Waals surface area contributed by atoms with Gasteiger partial charge in [-0.25, -0.2) is 0 Å². The SMILES string of the molecule is [CH2][C@@H](CCCl)c1ccc2c(c1)CCC2. The maximum Gasteiger partial charge on any atom is 0.0229 e. The number of hydrogen-bond acceptors (Lipinski definition) is 0. The van der Waals surface area contributed by atoms with Crippen molar-refractivity contribution in [3.8, 4) is 0 Å². The van der Waals surface area contributed by atoms with Crippen molar-refractivity contribution >= 4 is 11.6 Å². The van der Waals surface area contributed by atoms with Crippen LogP contribution < -0.4 is 0 Å². The summed E-state index contributed by atoms with van der Waals surface area (Å²) in [4.78, 5) is 0. The molecule has 0 saturated heterocycles. The van der Waals surface area contributed by atoms with Gasteiger partial charge in [-0.05, 0) is 55.2 Å². The Morgan fingerprint density at radius 1 is 1.29 bits per heavy atom. The second-order valence-electron chi connectivity index (χ2n) is 4.06. The monoisotopic (exact) mass is 207 g/mol. The lowest BCUT2D eigenvalue weighted by Crippen LogP contribution is -1.96. The number of benzene rings is 1. The van der Waals surface area contributed by atoms with Gasteiger partial charge in [0.05, 0.1) is 0 Å². The topological polar surface area (TPSA) is 0 Å². The molecule has 0 nitrogen and oxygen atoms in total. The molecule has 0 N–H and O–H groups in total. The Kier molecular flexibility index (Phi) is 3.12. The molecule has 75 valence electrons. The van der Waals surface area contributed by atoms with Crippen molar-refractivity contribution in [1.29, 1.82) is 0 Å².